The quantitative estimate of drug-likeness (QED) is 0.352. The second kappa shape index (κ2) is 13.5. The van der Waals surface area contributed by atoms with E-state index < -0.39 is 18.1 Å². The highest BCUT2D eigenvalue weighted by Gasteiger charge is 2.22. The Hall–Kier alpha value is -3.55. The Labute approximate surface area is 213 Å². The zero-order valence-electron chi connectivity index (χ0n) is 21.2. The maximum atomic E-state index is 12.7. The third-order valence-electron chi connectivity index (χ3n) is 5.79. The van der Waals surface area contributed by atoms with Crippen LogP contribution in [0.1, 0.15) is 16.7 Å². The summed E-state index contributed by atoms with van der Waals surface area (Å²) in [7, 11) is 5.49. The van der Waals surface area contributed by atoms with Crippen molar-refractivity contribution < 1.29 is 24.1 Å². The summed E-state index contributed by atoms with van der Waals surface area (Å²) < 4.78 is 17.1. The van der Waals surface area contributed by atoms with E-state index in [1.165, 1.54) is 5.56 Å². The number of phenolic OH excluding ortho intramolecular Hbond substituents is 1. The number of esters is 1. The lowest BCUT2D eigenvalue weighted by Crippen LogP contribution is -2.41. The lowest BCUT2D eigenvalue weighted by atomic mass is 10.0. The molecule has 0 radical (unpaired) electrons. The van der Waals surface area contributed by atoms with Crippen LogP contribution in [-0.2, 0) is 28.8 Å². The largest absolute Gasteiger partial charge is 0.508 e. The highest BCUT2D eigenvalue weighted by Crippen LogP contribution is 2.22. The lowest BCUT2D eigenvalue weighted by molar-refractivity contribution is -0.152. The number of rotatable bonds is 13. The van der Waals surface area contributed by atoms with Gasteiger partial charge in [0.15, 0.2) is 0 Å². The fourth-order valence-corrected chi connectivity index (χ4v) is 3.86. The Balaban J connectivity index is 1.58. The highest BCUT2D eigenvalue weighted by atomic mass is 16.6. The van der Waals surface area contributed by atoms with Crippen molar-refractivity contribution in [1.82, 2.24) is 4.90 Å². The molecule has 0 heterocycles. The minimum Gasteiger partial charge on any atom is -0.508 e. The van der Waals surface area contributed by atoms with Crippen molar-refractivity contribution in [3.63, 3.8) is 0 Å². The summed E-state index contributed by atoms with van der Waals surface area (Å²) in [5.74, 6) is 1.31. The van der Waals surface area contributed by atoms with E-state index in [9.17, 15) is 9.90 Å². The number of methoxy groups -OCH3 is 1. The molecule has 0 bridgehead atoms. The van der Waals surface area contributed by atoms with E-state index in [0.717, 1.165) is 35.5 Å². The average Bonchev–Trinajstić information content (AvgIpc) is 2.87. The Bertz CT molecular complexity index is 1080. The molecule has 2 atom stereocenters. The molecule has 3 aromatic rings. The molecule has 0 saturated heterocycles. The normalized spacial score (nSPS) is 12.7. The first-order chi connectivity index (χ1) is 17.3. The Morgan fingerprint density at radius 1 is 0.944 bits per heavy atom. The molecular weight excluding hydrogens is 456 g/mol. The molecule has 0 aromatic heterocycles. The summed E-state index contributed by atoms with van der Waals surface area (Å²) in [4.78, 5) is 14.7. The molecule has 0 aliphatic carbocycles. The fraction of sp³-hybridized carbons (Fsp3) is 0.345. The number of aryl methyl sites for hydroxylation is 2. The zero-order chi connectivity index (χ0) is 25.9. The van der Waals surface area contributed by atoms with E-state index in [-0.39, 0.29) is 12.4 Å². The number of hydrogen-bond donors (Lipinski definition) is 2. The van der Waals surface area contributed by atoms with Crippen molar-refractivity contribution >= 4 is 5.97 Å². The van der Waals surface area contributed by atoms with Crippen LogP contribution < -0.4 is 15.2 Å². The monoisotopic (exact) mass is 492 g/mol. The van der Waals surface area contributed by atoms with Crippen molar-refractivity contribution in [2.75, 3.05) is 34.4 Å². The van der Waals surface area contributed by atoms with Crippen LogP contribution in [0, 0.1) is 0 Å². The minimum atomic E-state index is -0.809. The summed E-state index contributed by atoms with van der Waals surface area (Å²) >= 11 is 0. The first-order valence-electron chi connectivity index (χ1n) is 12.1. The third kappa shape index (κ3) is 8.59. The molecule has 3 N–H and O–H groups in total. The molecule has 36 heavy (non-hydrogen) atoms. The van der Waals surface area contributed by atoms with Crippen molar-refractivity contribution in [1.29, 1.82) is 0 Å². The Kier molecular flexibility index (Phi) is 10.2. The van der Waals surface area contributed by atoms with Gasteiger partial charge in [0.05, 0.1) is 7.11 Å². The predicted octanol–water partition coefficient (Wildman–Crippen LogP) is 3.61. The van der Waals surface area contributed by atoms with Crippen LogP contribution in [0.15, 0.2) is 72.8 Å². The number of likely N-dealkylation sites (N-methyl/N-ethyl adjacent to an activating group) is 1. The van der Waals surface area contributed by atoms with Gasteiger partial charge in [-0.05, 0) is 80.4 Å². The number of para-hydroxylation sites is 1. The molecule has 3 rings (SSSR count). The summed E-state index contributed by atoms with van der Waals surface area (Å²) in [6, 6.07) is 21.8. The second-order valence-corrected chi connectivity index (χ2v) is 9.07. The summed E-state index contributed by atoms with van der Waals surface area (Å²) in [5, 5.41) is 9.44. The van der Waals surface area contributed by atoms with Crippen LogP contribution in [0.5, 0.6) is 17.2 Å². The van der Waals surface area contributed by atoms with Crippen LogP contribution in [0.3, 0.4) is 0 Å². The predicted molar refractivity (Wildman–Crippen MR) is 141 cm³/mol. The number of carbonyl (C=O) groups is 1. The summed E-state index contributed by atoms with van der Waals surface area (Å²) in [6.45, 7) is 0.723. The molecular formula is C29H36N2O5. The van der Waals surface area contributed by atoms with E-state index in [1.54, 1.807) is 31.4 Å². The molecule has 0 aliphatic heterocycles. The van der Waals surface area contributed by atoms with Gasteiger partial charge in [0.1, 0.15) is 36.0 Å². The maximum absolute atomic E-state index is 12.7. The molecule has 0 saturated carbocycles. The first kappa shape index (κ1) is 27.0. The standard InChI is InChI=1S/C29H36N2O5/c1-31(2)19-26(36-29(33)27(30)18-22-9-14-24(32)15-10-22)20-35-28-7-5-4-6-23(28)13-8-21-11-16-25(34-3)17-12-21/h4-7,9-12,14-17,26-27,32H,8,13,18-20,30H2,1-3H3/t26-,27-/m1/s1. The van der Waals surface area contributed by atoms with E-state index >= 15 is 0 Å². The van der Waals surface area contributed by atoms with Gasteiger partial charge in [-0.15, -0.1) is 0 Å². The number of phenols is 1. The molecule has 0 unspecified atom stereocenters. The number of hydrogen-bond acceptors (Lipinski definition) is 7. The molecule has 192 valence electrons. The SMILES string of the molecule is COc1ccc(CCc2ccccc2OC[C@@H](CN(C)C)OC(=O)[C@H](N)Cc2ccc(O)cc2)cc1. The van der Waals surface area contributed by atoms with E-state index in [2.05, 4.69) is 18.2 Å². The van der Waals surface area contributed by atoms with E-state index in [4.69, 9.17) is 19.9 Å². The maximum Gasteiger partial charge on any atom is 0.323 e. The highest BCUT2D eigenvalue weighted by molar-refractivity contribution is 5.76. The fourth-order valence-electron chi connectivity index (χ4n) is 3.86. The Morgan fingerprint density at radius 3 is 2.28 bits per heavy atom. The van der Waals surface area contributed by atoms with Gasteiger partial charge < -0.3 is 30.0 Å². The van der Waals surface area contributed by atoms with Crippen LogP contribution in [0.2, 0.25) is 0 Å². The van der Waals surface area contributed by atoms with Gasteiger partial charge in [0.25, 0.3) is 0 Å². The molecule has 3 aromatic carbocycles. The van der Waals surface area contributed by atoms with Crippen molar-refractivity contribution in [2.24, 2.45) is 5.73 Å². The Morgan fingerprint density at radius 2 is 1.61 bits per heavy atom. The number of carbonyl (C=O) groups excluding carboxylic acids is 1. The van der Waals surface area contributed by atoms with Gasteiger partial charge in [-0.1, -0.05) is 42.5 Å². The van der Waals surface area contributed by atoms with Gasteiger partial charge in [0, 0.05) is 6.54 Å². The van der Waals surface area contributed by atoms with Crippen LogP contribution >= 0.6 is 0 Å². The van der Waals surface area contributed by atoms with Gasteiger partial charge in [-0.25, -0.2) is 0 Å². The minimum absolute atomic E-state index is 0.169. The van der Waals surface area contributed by atoms with Crippen molar-refractivity contribution in [2.45, 2.75) is 31.4 Å². The van der Waals surface area contributed by atoms with Gasteiger partial charge in [-0.3, -0.25) is 4.79 Å². The molecule has 0 fully saturated rings. The zero-order valence-corrected chi connectivity index (χ0v) is 21.2. The van der Waals surface area contributed by atoms with Gasteiger partial charge >= 0.3 is 5.97 Å². The number of benzene rings is 3. The van der Waals surface area contributed by atoms with E-state index in [0.29, 0.717) is 13.0 Å². The molecule has 0 spiro atoms. The van der Waals surface area contributed by atoms with Crippen molar-refractivity contribution in [3.05, 3.63) is 89.5 Å². The molecule has 7 heteroatoms. The summed E-state index contributed by atoms with van der Waals surface area (Å²) in [6.07, 6.45) is 1.53. The van der Waals surface area contributed by atoms with Crippen LogP contribution in [-0.4, -0.2) is 62.5 Å². The van der Waals surface area contributed by atoms with Crippen LogP contribution in [0.4, 0.5) is 0 Å². The van der Waals surface area contributed by atoms with Gasteiger partial charge in [0.2, 0.25) is 0 Å². The molecule has 0 aliphatic rings. The average molecular weight is 493 g/mol. The number of nitrogens with two attached hydrogens (primary N) is 1. The van der Waals surface area contributed by atoms with E-state index in [1.807, 2.05) is 49.3 Å². The van der Waals surface area contributed by atoms with Crippen molar-refractivity contribution in [3.8, 4) is 17.2 Å². The summed E-state index contributed by atoms with van der Waals surface area (Å²) in [5.41, 5.74) is 9.27. The number of ether oxygens (including phenoxy) is 3. The number of nitrogens with zero attached hydrogens (tertiary/aromatic N) is 1. The first-order valence-corrected chi connectivity index (χ1v) is 12.1. The third-order valence-corrected chi connectivity index (χ3v) is 5.79. The topological polar surface area (TPSA) is 94.2 Å². The smallest absolute Gasteiger partial charge is 0.323 e. The lowest BCUT2D eigenvalue weighted by Gasteiger charge is -2.24. The van der Waals surface area contributed by atoms with Crippen LogP contribution in [0.25, 0.3) is 0 Å². The number of aromatic hydroxyl groups is 1. The molecule has 7 nitrogen and oxygen atoms in total. The molecule has 0 amide bonds. The second-order valence-electron chi connectivity index (χ2n) is 9.07. The van der Waals surface area contributed by atoms with Gasteiger partial charge in [-0.2, -0.15) is 0 Å².